The first-order valence-electron chi connectivity index (χ1n) is 7.59. The van der Waals surface area contributed by atoms with E-state index in [0.29, 0.717) is 6.54 Å². The van der Waals surface area contributed by atoms with E-state index in [2.05, 4.69) is 29.4 Å². The summed E-state index contributed by atoms with van der Waals surface area (Å²) >= 11 is 0. The molecule has 0 saturated heterocycles. The lowest BCUT2D eigenvalue weighted by Gasteiger charge is -2.17. The highest BCUT2D eigenvalue weighted by molar-refractivity contribution is 6.35. The second-order valence-electron chi connectivity index (χ2n) is 4.95. The zero-order valence-corrected chi connectivity index (χ0v) is 13.2. The van der Waals surface area contributed by atoms with Crippen molar-refractivity contribution in [3.8, 4) is 0 Å². The predicted octanol–water partition coefficient (Wildman–Crippen LogP) is 1.29. The number of hydrogen-bond donors (Lipinski definition) is 2. The lowest BCUT2D eigenvalue weighted by atomic mass is 10.2. The molecule has 0 atom stereocenters. The Morgan fingerprint density at radius 2 is 1.64 bits per heavy atom. The molecule has 0 aromatic heterocycles. The van der Waals surface area contributed by atoms with Crippen molar-refractivity contribution in [2.24, 2.45) is 0 Å². The summed E-state index contributed by atoms with van der Waals surface area (Å²) in [6.45, 7) is 7.69. The van der Waals surface area contributed by atoms with Crippen molar-refractivity contribution in [3.63, 3.8) is 0 Å². The molecule has 0 saturated carbocycles. The van der Waals surface area contributed by atoms with Gasteiger partial charge in [-0.15, -0.1) is 0 Å². The van der Waals surface area contributed by atoms with Crippen LogP contribution in [0.1, 0.15) is 25.8 Å². The van der Waals surface area contributed by atoms with E-state index in [9.17, 15) is 14.0 Å². The first-order valence-corrected chi connectivity index (χ1v) is 7.59. The lowest BCUT2D eigenvalue weighted by Crippen LogP contribution is -2.40. The molecule has 0 aliphatic rings. The van der Waals surface area contributed by atoms with Crippen molar-refractivity contribution in [1.82, 2.24) is 15.5 Å². The molecule has 0 radical (unpaired) electrons. The molecule has 0 fully saturated rings. The molecule has 0 aliphatic heterocycles. The molecular weight excluding hydrogens is 285 g/mol. The van der Waals surface area contributed by atoms with Gasteiger partial charge in [-0.2, -0.15) is 0 Å². The second-order valence-corrected chi connectivity index (χ2v) is 4.95. The van der Waals surface area contributed by atoms with Crippen LogP contribution in [-0.2, 0) is 16.1 Å². The van der Waals surface area contributed by atoms with Crippen LogP contribution >= 0.6 is 0 Å². The smallest absolute Gasteiger partial charge is 0.309 e. The van der Waals surface area contributed by atoms with Gasteiger partial charge in [0.15, 0.2) is 0 Å². The van der Waals surface area contributed by atoms with Gasteiger partial charge in [-0.05, 0) is 43.8 Å². The van der Waals surface area contributed by atoms with E-state index in [4.69, 9.17) is 0 Å². The van der Waals surface area contributed by atoms with Crippen LogP contribution in [-0.4, -0.2) is 42.9 Å². The van der Waals surface area contributed by atoms with Crippen molar-refractivity contribution < 1.29 is 14.0 Å². The summed E-state index contributed by atoms with van der Waals surface area (Å²) in [6, 6.07) is 5.76. The summed E-state index contributed by atoms with van der Waals surface area (Å²) in [6.07, 6.45) is 0.804. The number of carbonyl (C=O) groups excluding carboxylic acids is 2. The summed E-state index contributed by atoms with van der Waals surface area (Å²) in [5.74, 6) is -1.64. The monoisotopic (exact) mass is 309 g/mol. The van der Waals surface area contributed by atoms with Gasteiger partial charge in [-0.3, -0.25) is 9.59 Å². The maximum Gasteiger partial charge on any atom is 0.309 e. The topological polar surface area (TPSA) is 61.4 Å². The van der Waals surface area contributed by atoms with Crippen LogP contribution in [0.4, 0.5) is 4.39 Å². The average Bonchev–Trinajstić information content (AvgIpc) is 2.54. The van der Waals surface area contributed by atoms with Gasteiger partial charge < -0.3 is 15.5 Å². The highest BCUT2D eigenvalue weighted by Crippen LogP contribution is 2.01. The Morgan fingerprint density at radius 3 is 2.23 bits per heavy atom. The van der Waals surface area contributed by atoms with Gasteiger partial charge in [0.2, 0.25) is 0 Å². The van der Waals surface area contributed by atoms with E-state index in [-0.39, 0.29) is 12.4 Å². The molecule has 1 rings (SSSR count). The largest absolute Gasteiger partial charge is 0.348 e. The van der Waals surface area contributed by atoms with Crippen LogP contribution in [0, 0.1) is 5.82 Å². The van der Waals surface area contributed by atoms with E-state index < -0.39 is 11.8 Å². The number of amides is 2. The summed E-state index contributed by atoms with van der Waals surface area (Å²) < 4.78 is 12.7. The zero-order valence-electron chi connectivity index (χ0n) is 13.2. The minimum absolute atomic E-state index is 0.200. The van der Waals surface area contributed by atoms with Crippen LogP contribution in [0.5, 0.6) is 0 Å². The fourth-order valence-corrected chi connectivity index (χ4v) is 1.99. The number of halogens is 1. The Morgan fingerprint density at radius 1 is 1.05 bits per heavy atom. The Bertz CT molecular complexity index is 473. The van der Waals surface area contributed by atoms with Gasteiger partial charge >= 0.3 is 11.8 Å². The first-order chi connectivity index (χ1) is 10.6. The molecule has 0 unspecified atom stereocenters. The van der Waals surface area contributed by atoms with Gasteiger partial charge in [0.05, 0.1) is 0 Å². The van der Waals surface area contributed by atoms with E-state index in [0.717, 1.165) is 31.6 Å². The van der Waals surface area contributed by atoms with Crippen molar-refractivity contribution in [2.75, 3.05) is 26.2 Å². The fourth-order valence-electron chi connectivity index (χ4n) is 1.99. The number of carbonyl (C=O) groups is 2. The molecule has 122 valence electrons. The number of rotatable bonds is 8. The maximum atomic E-state index is 12.7. The molecule has 0 spiro atoms. The number of nitrogens with one attached hydrogen (secondary N) is 2. The molecule has 0 aliphatic carbocycles. The highest BCUT2D eigenvalue weighted by atomic mass is 19.1. The summed E-state index contributed by atoms with van der Waals surface area (Å²) in [7, 11) is 0. The third-order valence-electron chi connectivity index (χ3n) is 3.40. The van der Waals surface area contributed by atoms with Crippen LogP contribution in [0.25, 0.3) is 0 Å². The maximum absolute atomic E-state index is 12.7. The molecule has 6 heteroatoms. The van der Waals surface area contributed by atoms with Crippen LogP contribution in [0.2, 0.25) is 0 Å². The van der Waals surface area contributed by atoms with E-state index >= 15 is 0 Å². The van der Waals surface area contributed by atoms with Gasteiger partial charge in [0.25, 0.3) is 0 Å². The van der Waals surface area contributed by atoms with Crippen molar-refractivity contribution in [1.29, 1.82) is 0 Å². The molecule has 5 nitrogen and oxygen atoms in total. The SMILES string of the molecule is CCN(CC)CCCNC(=O)C(=O)NCc1ccc(F)cc1. The standard InChI is InChI=1S/C16H24FN3O2/c1-3-20(4-2)11-5-10-18-15(21)16(22)19-12-13-6-8-14(17)9-7-13/h6-9H,3-5,10-12H2,1-2H3,(H,18,21)(H,19,22). The minimum Gasteiger partial charge on any atom is -0.348 e. The number of benzene rings is 1. The van der Waals surface area contributed by atoms with E-state index in [1.165, 1.54) is 12.1 Å². The first kappa shape index (κ1) is 18.1. The van der Waals surface area contributed by atoms with Gasteiger partial charge in [-0.1, -0.05) is 26.0 Å². The molecule has 0 bridgehead atoms. The van der Waals surface area contributed by atoms with Crippen LogP contribution in [0.15, 0.2) is 24.3 Å². The fraction of sp³-hybridized carbons (Fsp3) is 0.500. The van der Waals surface area contributed by atoms with Crippen molar-refractivity contribution >= 4 is 11.8 Å². The van der Waals surface area contributed by atoms with Gasteiger partial charge in [0.1, 0.15) is 5.82 Å². The predicted molar refractivity (Wildman–Crippen MR) is 83.7 cm³/mol. The second kappa shape index (κ2) is 9.89. The normalized spacial score (nSPS) is 10.5. The zero-order chi connectivity index (χ0) is 16.4. The number of nitrogens with zero attached hydrogens (tertiary/aromatic N) is 1. The average molecular weight is 309 g/mol. The highest BCUT2D eigenvalue weighted by Gasteiger charge is 2.12. The molecule has 1 aromatic rings. The third kappa shape index (κ3) is 6.67. The van der Waals surface area contributed by atoms with E-state index in [1.807, 2.05) is 0 Å². The Kier molecular flexibility index (Phi) is 8.14. The van der Waals surface area contributed by atoms with E-state index in [1.54, 1.807) is 12.1 Å². The summed E-state index contributed by atoms with van der Waals surface area (Å²) in [4.78, 5) is 25.5. The molecular formula is C16H24FN3O2. The molecule has 22 heavy (non-hydrogen) atoms. The van der Waals surface area contributed by atoms with Crippen LogP contribution < -0.4 is 10.6 Å². The molecule has 2 amide bonds. The summed E-state index contributed by atoms with van der Waals surface area (Å²) in [5, 5.41) is 5.10. The van der Waals surface area contributed by atoms with Gasteiger partial charge in [-0.25, -0.2) is 4.39 Å². The molecule has 0 heterocycles. The third-order valence-corrected chi connectivity index (χ3v) is 3.40. The van der Waals surface area contributed by atoms with Crippen molar-refractivity contribution in [2.45, 2.75) is 26.8 Å². The molecule has 2 N–H and O–H groups in total. The quantitative estimate of drug-likeness (QED) is 0.562. The Balaban J connectivity index is 2.22. The molecule has 1 aromatic carbocycles. The Labute approximate surface area is 130 Å². The van der Waals surface area contributed by atoms with Crippen molar-refractivity contribution in [3.05, 3.63) is 35.6 Å². The minimum atomic E-state index is -0.674. The number of hydrogen-bond acceptors (Lipinski definition) is 3. The Hall–Kier alpha value is -1.95. The lowest BCUT2D eigenvalue weighted by molar-refractivity contribution is -0.139. The van der Waals surface area contributed by atoms with Gasteiger partial charge in [0, 0.05) is 13.1 Å². The summed E-state index contributed by atoms with van der Waals surface area (Å²) in [5.41, 5.74) is 0.740. The van der Waals surface area contributed by atoms with Crippen LogP contribution in [0.3, 0.4) is 0 Å².